The maximum atomic E-state index is 12.9. The van der Waals surface area contributed by atoms with E-state index in [2.05, 4.69) is 17.5 Å². The minimum Gasteiger partial charge on any atom is -0.493 e. The Labute approximate surface area is 218 Å². The molecule has 0 aromatic heterocycles. The van der Waals surface area contributed by atoms with Crippen LogP contribution < -0.4 is 19.6 Å². The normalized spacial score (nSPS) is 11.0. The van der Waals surface area contributed by atoms with E-state index in [-0.39, 0.29) is 5.91 Å². The number of amides is 1. The van der Waals surface area contributed by atoms with Crippen LogP contribution in [0.1, 0.15) is 74.2 Å². The molecule has 3 aromatic carbocycles. The molecular weight excluding hydrogens is 468 g/mol. The molecule has 3 aromatic rings. The summed E-state index contributed by atoms with van der Waals surface area (Å²) in [5.74, 6) is 0.608. The predicted octanol–water partition coefficient (Wildman–Crippen LogP) is 6.67. The number of esters is 1. The molecule has 0 heterocycles. The quantitative estimate of drug-likeness (QED) is 0.0871. The van der Waals surface area contributed by atoms with E-state index < -0.39 is 5.97 Å². The first-order valence-electron chi connectivity index (χ1n) is 12.8. The maximum absolute atomic E-state index is 12.9. The molecule has 0 radical (unpaired) electrons. The number of hydrogen-bond acceptors (Lipinski definition) is 6. The standard InChI is InChI=1S/C30H36N2O5/c1-4-5-6-7-8-9-10-15-29(33)32-31-21-25-24-14-12-11-13-22(24)16-18-26(25)37-30(34)23-17-19-27(35-2)28(20-23)36-3/h11-14,16-21H,4-10,15H2,1-3H3,(H,32,33)/b31-21-. The number of carbonyl (C=O) groups is 2. The van der Waals surface area contributed by atoms with Crippen molar-refractivity contribution in [3.63, 3.8) is 0 Å². The van der Waals surface area contributed by atoms with Crippen molar-refractivity contribution in [3.8, 4) is 17.2 Å². The Morgan fingerprint density at radius 1 is 0.838 bits per heavy atom. The Kier molecular flexibility index (Phi) is 11.0. The van der Waals surface area contributed by atoms with Crippen LogP contribution in [0.3, 0.4) is 0 Å². The first-order valence-corrected chi connectivity index (χ1v) is 12.8. The van der Waals surface area contributed by atoms with Crippen LogP contribution in [0.15, 0.2) is 59.7 Å². The summed E-state index contributed by atoms with van der Waals surface area (Å²) >= 11 is 0. The van der Waals surface area contributed by atoms with Crippen LogP contribution in [0.4, 0.5) is 0 Å². The number of benzene rings is 3. The molecule has 0 atom stereocenters. The maximum Gasteiger partial charge on any atom is 0.343 e. The van der Waals surface area contributed by atoms with Crippen molar-refractivity contribution in [1.29, 1.82) is 0 Å². The second kappa shape index (κ2) is 14.6. The molecule has 7 heteroatoms. The minimum absolute atomic E-state index is 0.131. The lowest BCUT2D eigenvalue weighted by Crippen LogP contribution is -2.17. The first kappa shape index (κ1) is 27.7. The van der Waals surface area contributed by atoms with E-state index in [9.17, 15) is 9.59 Å². The van der Waals surface area contributed by atoms with Gasteiger partial charge in [0.25, 0.3) is 0 Å². The fourth-order valence-electron chi connectivity index (χ4n) is 4.09. The highest BCUT2D eigenvalue weighted by Crippen LogP contribution is 2.30. The van der Waals surface area contributed by atoms with Crippen LogP contribution in [-0.4, -0.2) is 32.3 Å². The van der Waals surface area contributed by atoms with Crippen molar-refractivity contribution in [1.82, 2.24) is 5.43 Å². The Hall–Kier alpha value is -3.87. The second-order valence-corrected chi connectivity index (χ2v) is 8.82. The summed E-state index contributed by atoms with van der Waals surface area (Å²) in [6, 6.07) is 16.2. The first-order chi connectivity index (χ1) is 18.1. The number of fused-ring (bicyclic) bond motifs is 1. The molecular formula is C30H36N2O5. The predicted molar refractivity (Wildman–Crippen MR) is 147 cm³/mol. The lowest BCUT2D eigenvalue weighted by molar-refractivity contribution is -0.121. The molecule has 7 nitrogen and oxygen atoms in total. The molecule has 1 N–H and O–H groups in total. The van der Waals surface area contributed by atoms with Gasteiger partial charge in [0, 0.05) is 12.0 Å². The second-order valence-electron chi connectivity index (χ2n) is 8.82. The highest BCUT2D eigenvalue weighted by molar-refractivity contribution is 6.04. The van der Waals surface area contributed by atoms with E-state index in [1.165, 1.54) is 46.1 Å². The molecule has 1 amide bonds. The van der Waals surface area contributed by atoms with Crippen molar-refractivity contribution in [2.75, 3.05) is 14.2 Å². The molecule has 3 rings (SSSR count). The van der Waals surface area contributed by atoms with Crippen LogP contribution in [0, 0.1) is 0 Å². The van der Waals surface area contributed by atoms with Gasteiger partial charge in [0.1, 0.15) is 5.75 Å². The van der Waals surface area contributed by atoms with Crippen molar-refractivity contribution < 1.29 is 23.8 Å². The summed E-state index contributed by atoms with van der Waals surface area (Å²) < 4.78 is 16.3. The van der Waals surface area contributed by atoms with Gasteiger partial charge in [0.15, 0.2) is 11.5 Å². The third-order valence-corrected chi connectivity index (χ3v) is 6.14. The molecule has 0 fully saturated rings. The van der Waals surface area contributed by atoms with Crippen LogP contribution in [0.5, 0.6) is 17.2 Å². The van der Waals surface area contributed by atoms with E-state index >= 15 is 0 Å². The van der Waals surface area contributed by atoms with Crippen molar-refractivity contribution in [3.05, 3.63) is 65.7 Å². The van der Waals surface area contributed by atoms with Gasteiger partial charge in [-0.2, -0.15) is 5.10 Å². The van der Waals surface area contributed by atoms with Gasteiger partial charge < -0.3 is 14.2 Å². The van der Waals surface area contributed by atoms with Gasteiger partial charge >= 0.3 is 5.97 Å². The van der Waals surface area contributed by atoms with Crippen LogP contribution >= 0.6 is 0 Å². The monoisotopic (exact) mass is 504 g/mol. The highest BCUT2D eigenvalue weighted by atomic mass is 16.5. The number of methoxy groups -OCH3 is 2. The molecule has 0 unspecified atom stereocenters. The molecule has 37 heavy (non-hydrogen) atoms. The van der Waals surface area contributed by atoms with E-state index in [1.54, 1.807) is 24.3 Å². The third-order valence-electron chi connectivity index (χ3n) is 6.14. The summed E-state index contributed by atoms with van der Waals surface area (Å²) in [7, 11) is 3.04. The van der Waals surface area contributed by atoms with Crippen LogP contribution in [0.25, 0.3) is 10.8 Å². The Balaban J connectivity index is 1.69. The van der Waals surface area contributed by atoms with Crippen molar-refractivity contribution >= 4 is 28.9 Å². The van der Waals surface area contributed by atoms with Gasteiger partial charge in [-0.3, -0.25) is 4.79 Å². The topological polar surface area (TPSA) is 86.2 Å². The number of ether oxygens (including phenoxy) is 3. The van der Waals surface area contributed by atoms with E-state index in [0.29, 0.717) is 34.8 Å². The highest BCUT2D eigenvalue weighted by Gasteiger charge is 2.16. The Morgan fingerprint density at radius 3 is 2.30 bits per heavy atom. The molecule has 0 aliphatic heterocycles. The summed E-state index contributed by atoms with van der Waals surface area (Å²) in [6.45, 7) is 2.20. The zero-order valence-electron chi connectivity index (χ0n) is 21.9. The van der Waals surface area contributed by atoms with Gasteiger partial charge in [0.05, 0.1) is 26.0 Å². The van der Waals surface area contributed by atoms with E-state index in [0.717, 1.165) is 30.0 Å². The average molecular weight is 505 g/mol. The van der Waals surface area contributed by atoms with Crippen molar-refractivity contribution in [2.45, 2.75) is 58.3 Å². The van der Waals surface area contributed by atoms with Crippen LogP contribution in [-0.2, 0) is 4.79 Å². The summed E-state index contributed by atoms with van der Waals surface area (Å²) in [5, 5.41) is 5.98. The van der Waals surface area contributed by atoms with Crippen molar-refractivity contribution in [2.24, 2.45) is 5.10 Å². The lowest BCUT2D eigenvalue weighted by atomic mass is 10.0. The number of nitrogens with one attached hydrogen (secondary N) is 1. The van der Waals surface area contributed by atoms with Gasteiger partial charge in [-0.25, -0.2) is 10.2 Å². The van der Waals surface area contributed by atoms with E-state index in [1.807, 2.05) is 30.3 Å². The minimum atomic E-state index is -0.547. The number of hydrogen-bond donors (Lipinski definition) is 1. The lowest BCUT2D eigenvalue weighted by Gasteiger charge is -2.12. The van der Waals surface area contributed by atoms with Crippen LogP contribution in [0.2, 0.25) is 0 Å². The zero-order valence-corrected chi connectivity index (χ0v) is 21.9. The van der Waals surface area contributed by atoms with Gasteiger partial charge in [0.2, 0.25) is 5.91 Å². The number of hydrazone groups is 1. The smallest absolute Gasteiger partial charge is 0.343 e. The Bertz CT molecular complexity index is 1220. The average Bonchev–Trinajstić information content (AvgIpc) is 2.93. The molecule has 0 saturated carbocycles. The largest absolute Gasteiger partial charge is 0.493 e. The molecule has 0 aliphatic carbocycles. The number of carbonyl (C=O) groups excluding carboxylic acids is 2. The SMILES string of the molecule is CCCCCCCCCC(=O)N/N=C\c1c(OC(=O)c2ccc(OC)c(OC)c2)ccc2ccccc12. The van der Waals surface area contributed by atoms with Gasteiger partial charge in [-0.05, 0) is 41.5 Å². The number of nitrogens with zero attached hydrogens (tertiary/aromatic N) is 1. The molecule has 0 saturated heterocycles. The molecule has 196 valence electrons. The molecule has 0 bridgehead atoms. The fraction of sp³-hybridized carbons (Fsp3) is 0.367. The zero-order chi connectivity index (χ0) is 26.5. The van der Waals surface area contributed by atoms with E-state index in [4.69, 9.17) is 14.2 Å². The summed E-state index contributed by atoms with van der Waals surface area (Å²) in [5.41, 5.74) is 3.52. The summed E-state index contributed by atoms with van der Waals surface area (Å²) in [4.78, 5) is 25.2. The van der Waals surface area contributed by atoms with Gasteiger partial charge in [-0.15, -0.1) is 0 Å². The van der Waals surface area contributed by atoms with Gasteiger partial charge in [-0.1, -0.05) is 75.8 Å². The number of rotatable bonds is 14. The molecule has 0 aliphatic rings. The Morgan fingerprint density at radius 2 is 1.54 bits per heavy atom. The molecule has 0 spiro atoms. The summed E-state index contributed by atoms with van der Waals surface area (Å²) in [6.07, 6.45) is 9.99. The fourth-order valence-corrected chi connectivity index (χ4v) is 4.09. The number of unbranched alkanes of at least 4 members (excludes halogenated alkanes) is 6. The third kappa shape index (κ3) is 8.07.